The first-order valence-electron chi connectivity index (χ1n) is 7.54. The fraction of sp³-hybridized carbons (Fsp3) is 0.222. The molecule has 0 spiro atoms. The van der Waals surface area contributed by atoms with Crippen LogP contribution in [-0.4, -0.2) is 18.6 Å². The molecule has 0 amide bonds. The lowest BCUT2D eigenvalue weighted by molar-refractivity contribution is 0.385. The molecule has 0 saturated carbocycles. The molecule has 1 unspecified atom stereocenters. The molecular weight excluding hydrogens is 315 g/mol. The van der Waals surface area contributed by atoms with Crippen LogP contribution in [0.4, 0.5) is 4.39 Å². The van der Waals surface area contributed by atoms with E-state index in [9.17, 15) is 4.39 Å². The summed E-state index contributed by atoms with van der Waals surface area (Å²) in [4.78, 5) is 3.47. The number of hydrogen-bond acceptors (Lipinski definition) is 2. The number of aromatic nitrogens is 1. The standard InChI is InChI=1S/C18H16ClFN2O/c1-23-16-5-2-10(8-14(16)20)17-18-12(6-7-21-17)13-9-11(19)3-4-15(13)22-18/h2-5,8-9,17,21-22H,6-7H2,1H3. The molecule has 4 rings (SSSR count). The summed E-state index contributed by atoms with van der Waals surface area (Å²) in [5.41, 5.74) is 4.27. The van der Waals surface area contributed by atoms with Gasteiger partial charge in [-0.2, -0.15) is 0 Å². The molecule has 118 valence electrons. The van der Waals surface area contributed by atoms with Crippen molar-refractivity contribution in [2.24, 2.45) is 0 Å². The van der Waals surface area contributed by atoms with Crippen LogP contribution < -0.4 is 10.1 Å². The number of H-pyrrole nitrogens is 1. The molecule has 0 saturated heterocycles. The quantitative estimate of drug-likeness (QED) is 0.738. The van der Waals surface area contributed by atoms with Crippen molar-refractivity contribution in [2.45, 2.75) is 12.5 Å². The number of hydrogen-bond donors (Lipinski definition) is 2. The van der Waals surface area contributed by atoms with Gasteiger partial charge in [0.25, 0.3) is 0 Å². The lowest BCUT2D eigenvalue weighted by Crippen LogP contribution is -2.30. The summed E-state index contributed by atoms with van der Waals surface area (Å²) in [5.74, 6) is -0.0914. The van der Waals surface area contributed by atoms with Crippen molar-refractivity contribution < 1.29 is 9.13 Å². The molecule has 3 aromatic rings. The van der Waals surface area contributed by atoms with Crippen molar-refractivity contribution in [1.29, 1.82) is 0 Å². The van der Waals surface area contributed by atoms with Crippen LogP contribution in [0.15, 0.2) is 36.4 Å². The second kappa shape index (κ2) is 5.55. The highest BCUT2D eigenvalue weighted by Crippen LogP contribution is 2.35. The van der Waals surface area contributed by atoms with Crippen LogP contribution in [0.2, 0.25) is 5.02 Å². The Hall–Kier alpha value is -2.04. The van der Waals surface area contributed by atoms with E-state index >= 15 is 0 Å². The summed E-state index contributed by atoms with van der Waals surface area (Å²) in [6, 6.07) is 10.9. The Morgan fingerprint density at radius 2 is 2.09 bits per heavy atom. The van der Waals surface area contributed by atoms with Crippen LogP contribution in [0, 0.1) is 5.82 Å². The fourth-order valence-corrected chi connectivity index (χ4v) is 3.52. The summed E-state index contributed by atoms with van der Waals surface area (Å²) in [5, 5.41) is 5.33. The predicted molar refractivity (Wildman–Crippen MR) is 89.8 cm³/mol. The highest BCUT2D eigenvalue weighted by atomic mass is 35.5. The van der Waals surface area contributed by atoms with Crippen molar-refractivity contribution in [3.8, 4) is 5.75 Å². The third-order valence-corrected chi connectivity index (χ3v) is 4.66. The normalized spacial score (nSPS) is 17.3. The lowest BCUT2D eigenvalue weighted by Gasteiger charge is -2.25. The van der Waals surface area contributed by atoms with Gasteiger partial charge in [0.05, 0.1) is 13.2 Å². The molecule has 2 aromatic carbocycles. The Bertz CT molecular complexity index is 890. The van der Waals surface area contributed by atoms with Gasteiger partial charge in [-0.1, -0.05) is 17.7 Å². The van der Waals surface area contributed by atoms with Gasteiger partial charge < -0.3 is 15.0 Å². The topological polar surface area (TPSA) is 37.0 Å². The van der Waals surface area contributed by atoms with Gasteiger partial charge in [-0.15, -0.1) is 0 Å². The third-order valence-electron chi connectivity index (χ3n) is 4.42. The zero-order valence-electron chi connectivity index (χ0n) is 12.6. The number of rotatable bonds is 2. The second-order valence-corrected chi connectivity index (χ2v) is 6.17. The Kier molecular flexibility index (Phi) is 3.51. The Labute approximate surface area is 138 Å². The lowest BCUT2D eigenvalue weighted by atomic mass is 9.94. The minimum atomic E-state index is -0.349. The minimum absolute atomic E-state index is 0.0645. The van der Waals surface area contributed by atoms with Gasteiger partial charge in [-0.05, 0) is 47.9 Å². The molecule has 0 radical (unpaired) electrons. The van der Waals surface area contributed by atoms with Crippen LogP contribution in [0.1, 0.15) is 22.9 Å². The molecule has 0 bridgehead atoms. The average molecular weight is 331 g/mol. The first-order chi connectivity index (χ1) is 11.2. The van der Waals surface area contributed by atoms with Crippen LogP contribution in [0.3, 0.4) is 0 Å². The monoisotopic (exact) mass is 330 g/mol. The molecule has 23 heavy (non-hydrogen) atoms. The molecule has 2 heterocycles. The molecule has 0 fully saturated rings. The van der Waals surface area contributed by atoms with E-state index in [0.29, 0.717) is 0 Å². The van der Waals surface area contributed by atoms with Gasteiger partial charge in [-0.25, -0.2) is 4.39 Å². The molecule has 1 atom stereocenters. The molecule has 2 N–H and O–H groups in total. The highest BCUT2D eigenvalue weighted by Gasteiger charge is 2.26. The number of nitrogens with one attached hydrogen (secondary N) is 2. The zero-order chi connectivity index (χ0) is 16.0. The summed E-state index contributed by atoms with van der Waals surface area (Å²) in [6.45, 7) is 0.838. The summed E-state index contributed by atoms with van der Waals surface area (Å²) < 4.78 is 19.1. The molecule has 1 aromatic heterocycles. The summed E-state index contributed by atoms with van der Waals surface area (Å²) in [7, 11) is 1.47. The number of aromatic amines is 1. The smallest absolute Gasteiger partial charge is 0.165 e. The Morgan fingerprint density at radius 3 is 2.87 bits per heavy atom. The van der Waals surface area contributed by atoms with Crippen LogP contribution in [0.5, 0.6) is 5.75 Å². The largest absolute Gasteiger partial charge is 0.494 e. The SMILES string of the molecule is COc1ccc(C2NCCc3c2[nH]c2ccc(Cl)cc32)cc1F. The maximum atomic E-state index is 14.1. The van der Waals surface area contributed by atoms with Gasteiger partial charge in [0.1, 0.15) is 0 Å². The zero-order valence-corrected chi connectivity index (χ0v) is 13.4. The number of benzene rings is 2. The van der Waals surface area contributed by atoms with Gasteiger partial charge >= 0.3 is 0 Å². The number of methoxy groups -OCH3 is 1. The maximum Gasteiger partial charge on any atom is 0.165 e. The van der Waals surface area contributed by atoms with Crippen LogP contribution >= 0.6 is 11.6 Å². The van der Waals surface area contributed by atoms with E-state index in [0.717, 1.165) is 40.1 Å². The number of fused-ring (bicyclic) bond motifs is 3. The fourth-order valence-electron chi connectivity index (χ4n) is 3.35. The number of halogens is 2. The molecular formula is C18H16ClFN2O. The van der Waals surface area contributed by atoms with Crippen molar-refractivity contribution in [3.63, 3.8) is 0 Å². The van der Waals surface area contributed by atoms with E-state index < -0.39 is 0 Å². The predicted octanol–water partition coefficient (Wildman–Crippen LogP) is 4.20. The molecule has 3 nitrogen and oxygen atoms in total. The highest BCUT2D eigenvalue weighted by molar-refractivity contribution is 6.31. The molecule has 1 aliphatic heterocycles. The average Bonchev–Trinajstić information content (AvgIpc) is 2.92. The molecule has 1 aliphatic rings. The maximum absolute atomic E-state index is 14.1. The second-order valence-electron chi connectivity index (χ2n) is 5.74. The molecule has 5 heteroatoms. The minimum Gasteiger partial charge on any atom is -0.494 e. The van der Waals surface area contributed by atoms with Crippen molar-refractivity contribution in [2.75, 3.05) is 13.7 Å². The summed E-state index contributed by atoms with van der Waals surface area (Å²) >= 11 is 6.13. The Balaban J connectivity index is 1.84. The first-order valence-corrected chi connectivity index (χ1v) is 7.92. The van der Waals surface area contributed by atoms with Gasteiger partial charge in [0.15, 0.2) is 11.6 Å². The van der Waals surface area contributed by atoms with Gasteiger partial charge in [0, 0.05) is 28.2 Å². The van der Waals surface area contributed by atoms with E-state index in [1.54, 1.807) is 6.07 Å². The van der Waals surface area contributed by atoms with Gasteiger partial charge in [-0.3, -0.25) is 0 Å². The number of ether oxygens (including phenoxy) is 1. The van der Waals surface area contributed by atoms with E-state index in [2.05, 4.69) is 10.3 Å². The van der Waals surface area contributed by atoms with Crippen molar-refractivity contribution in [3.05, 3.63) is 64.1 Å². The van der Waals surface area contributed by atoms with Crippen LogP contribution in [-0.2, 0) is 6.42 Å². The summed E-state index contributed by atoms with van der Waals surface area (Å²) in [6.07, 6.45) is 0.921. The van der Waals surface area contributed by atoms with Gasteiger partial charge in [0.2, 0.25) is 0 Å². The van der Waals surface area contributed by atoms with E-state index in [1.165, 1.54) is 18.7 Å². The van der Waals surface area contributed by atoms with E-state index in [1.807, 2.05) is 24.3 Å². The van der Waals surface area contributed by atoms with Crippen molar-refractivity contribution >= 4 is 22.5 Å². The third kappa shape index (κ3) is 2.38. The molecule has 0 aliphatic carbocycles. The van der Waals surface area contributed by atoms with Crippen LogP contribution in [0.25, 0.3) is 10.9 Å². The first kappa shape index (κ1) is 14.5. The van der Waals surface area contributed by atoms with Crippen molar-refractivity contribution in [1.82, 2.24) is 10.3 Å². The van der Waals surface area contributed by atoms with E-state index in [4.69, 9.17) is 16.3 Å². The van der Waals surface area contributed by atoms with E-state index in [-0.39, 0.29) is 17.6 Å². The Morgan fingerprint density at radius 1 is 1.22 bits per heavy atom.